The summed E-state index contributed by atoms with van der Waals surface area (Å²) in [6.07, 6.45) is 3.49. The summed E-state index contributed by atoms with van der Waals surface area (Å²) in [5.74, 6) is 0.364. The molecule has 1 amide bonds. The quantitative estimate of drug-likeness (QED) is 0.907. The maximum atomic E-state index is 12.7. The van der Waals surface area contributed by atoms with Crippen molar-refractivity contribution in [1.82, 2.24) is 4.90 Å². The molecule has 0 aliphatic carbocycles. The molecule has 1 aromatic rings. The second kappa shape index (κ2) is 8.85. The Bertz CT molecular complexity index is 442. The van der Waals surface area contributed by atoms with Gasteiger partial charge in [0.1, 0.15) is 11.6 Å². The number of likely N-dealkylation sites (tertiary alicyclic amines) is 1. The molecule has 1 unspecified atom stereocenters. The number of rotatable bonds is 5. The van der Waals surface area contributed by atoms with Crippen LogP contribution in [-0.4, -0.2) is 36.5 Å². The van der Waals surface area contributed by atoms with Gasteiger partial charge in [0.2, 0.25) is 5.91 Å². The molecule has 2 N–H and O–H groups in total. The fourth-order valence-corrected chi connectivity index (χ4v) is 2.50. The van der Waals surface area contributed by atoms with Crippen molar-refractivity contribution < 1.29 is 13.9 Å². The lowest BCUT2D eigenvalue weighted by Gasteiger charge is -2.35. The molecule has 0 bridgehead atoms. The van der Waals surface area contributed by atoms with Gasteiger partial charge in [0.15, 0.2) is 0 Å². The Kier molecular flexibility index (Phi) is 7.47. The first-order chi connectivity index (χ1) is 9.70. The van der Waals surface area contributed by atoms with Crippen LogP contribution in [-0.2, 0) is 4.79 Å². The normalized spacial score (nSPS) is 18.0. The molecule has 1 saturated heterocycles. The number of nitrogens with zero attached hydrogens (tertiary/aromatic N) is 1. The average Bonchev–Trinajstić information content (AvgIpc) is 2.49. The molecular formula is C15H22ClFN2O2. The molecule has 1 fully saturated rings. The Hall–Kier alpha value is -1.33. The first-order valence-corrected chi connectivity index (χ1v) is 7.08. The van der Waals surface area contributed by atoms with Crippen LogP contribution in [0, 0.1) is 5.82 Å². The Labute approximate surface area is 130 Å². The number of hydrogen-bond donors (Lipinski definition) is 1. The van der Waals surface area contributed by atoms with Gasteiger partial charge in [-0.1, -0.05) is 0 Å². The highest BCUT2D eigenvalue weighted by Crippen LogP contribution is 2.17. The Morgan fingerprint density at radius 3 is 2.71 bits per heavy atom. The minimum atomic E-state index is -0.299. The molecule has 1 aromatic carbocycles. The van der Waals surface area contributed by atoms with Gasteiger partial charge in [-0.15, -0.1) is 12.4 Å². The zero-order chi connectivity index (χ0) is 14.4. The van der Waals surface area contributed by atoms with Crippen molar-refractivity contribution in [2.45, 2.75) is 31.7 Å². The summed E-state index contributed by atoms with van der Waals surface area (Å²) < 4.78 is 18.2. The molecule has 1 aliphatic heterocycles. The number of benzene rings is 1. The third-order valence-corrected chi connectivity index (χ3v) is 3.62. The third-order valence-electron chi connectivity index (χ3n) is 3.62. The van der Waals surface area contributed by atoms with E-state index in [0.29, 0.717) is 25.3 Å². The molecule has 21 heavy (non-hydrogen) atoms. The molecule has 0 saturated carbocycles. The van der Waals surface area contributed by atoms with Crippen LogP contribution in [0.1, 0.15) is 25.7 Å². The molecule has 1 atom stereocenters. The van der Waals surface area contributed by atoms with Crippen molar-refractivity contribution in [3.8, 4) is 5.75 Å². The van der Waals surface area contributed by atoms with Crippen LogP contribution >= 0.6 is 12.4 Å². The zero-order valence-electron chi connectivity index (χ0n) is 12.0. The van der Waals surface area contributed by atoms with E-state index in [0.717, 1.165) is 25.8 Å². The third kappa shape index (κ3) is 5.17. The van der Waals surface area contributed by atoms with Gasteiger partial charge in [0, 0.05) is 19.1 Å². The van der Waals surface area contributed by atoms with Crippen molar-refractivity contribution in [3.05, 3.63) is 30.1 Å². The van der Waals surface area contributed by atoms with Crippen LogP contribution in [0.3, 0.4) is 0 Å². The van der Waals surface area contributed by atoms with Crippen molar-refractivity contribution >= 4 is 18.3 Å². The molecule has 0 aromatic heterocycles. The SMILES string of the molecule is Cl.NCC1CCCCN1C(=O)CCOc1ccc(F)cc1. The van der Waals surface area contributed by atoms with Gasteiger partial charge >= 0.3 is 0 Å². The summed E-state index contributed by atoms with van der Waals surface area (Å²) in [5, 5.41) is 0. The number of hydrogen-bond acceptors (Lipinski definition) is 3. The van der Waals surface area contributed by atoms with Crippen molar-refractivity contribution in [2.75, 3.05) is 19.7 Å². The van der Waals surface area contributed by atoms with Gasteiger partial charge in [0.05, 0.1) is 13.0 Å². The van der Waals surface area contributed by atoms with E-state index in [-0.39, 0.29) is 30.2 Å². The summed E-state index contributed by atoms with van der Waals surface area (Å²) in [4.78, 5) is 14.0. The van der Waals surface area contributed by atoms with E-state index in [1.807, 2.05) is 4.90 Å². The van der Waals surface area contributed by atoms with E-state index in [9.17, 15) is 9.18 Å². The Balaban J connectivity index is 0.00000220. The van der Waals surface area contributed by atoms with E-state index in [4.69, 9.17) is 10.5 Å². The molecular weight excluding hydrogens is 295 g/mol. The largest absolute Gasteiger partial charge is 0.493 e. The number of amides is 1. The van der Waals surface area contributed by atoms with Crippen LogP contribution in [0.5, 0.6) is 5.75 Å². The summed E-state index contributed by atoms with van der Waals surface area (Å²) >= 11 is 0. The molecule has 6 heteroatoms. The predicted octanol–water partition coefficient (Wildman–Crippen LogP) is 2.36. The van der Waals surface area contributed by atoms with Gasteiger partial charge in [-0.25, -0.2) is 4.39 Å². The van der Waals surface area contributed by atoms with Gasteiger partial charge in [-0.3, -0.25) is 4.79 Å². The van der Waals surface area contributed by atoms with Gasteiger partial charge in [-0.2, -0.15) is 0 Å². The molecule has 4 nitrogen and oxygen atoms in total. The van der Waals surface area contributed by atoms with E-state index in [1.54, 1.807) is 12.1 Å². The molecule has 1 heterocycles. The van der Waals surface area contributed by atoms with Gasteiger partial charge < -0.3 is 15.4 Å². The molecule has 0 radical (unpaired) electrons. The van der Waals surface area contributed by atoms with Crippen LogP contribution in [0.2, 0.25) is 0 Å². The van der Waals surface area contributed by atoms with Gasteiger partial charge in [-0.05, 0) is 43.5 Å². The number of ether oxygens (including phenoxy) is 1. The van der Waals surface area contributed by atoms with Crippen molar-refractivity contribution in [1.29, 1.82) is 0 Å². The fraction of sp³-hybridized carbons (Fsp3) is 0.533. The summed E-state index contributed by atoms with van der Waals surface area (Å²) in [5.41, 5.74) is 5.70. The minimum Gasteiger partial charge on any atom is -0.493 e. The van der Waals surface area contributed by atoms with Crippen LogP contribution < -0.4 is 10.5 Å². The van der Waals surface area contributed by atoms with Gasteiger partial charge in [0.25, 0.3) is 0 Å². The lowest BCUT2D eigenvalue weighted by Crippen LogP contribution is -2.47. The predicted molar refractivity (Wildman–Crippen MR) is 82.2 cm³/mol. The smallest absolute Gasteiger partial charge is 0.226 e. The summed E-state index contributed by atoms with van der Waals surface area (Å²) in [7, 11) is 0. The number of carbonyl (C=O) groups excluding carboxylic acids is 1. The number of piperidine rings is 1. The lowest BCUT2D eigenvalue weighted by molar-refractivity contribution is -0.135. The van der Waals surface area contributed by atoms with Crippen LogP contribution in [0.4, 0.5) is 4.39 Å². The standard InChI is InChI=1S/C15H21FN2O2.ClH/c16-12-4-6-14(7-5-12)20-10-8-15(19)18-9-2-1-3-13(18)11-17;/h4-7,13H,1-3,8-11,17H2;1H. The lowest BCUT2D eigenvalue weighted by atomic mass is 10.0. The van der Waals surface area contributed by atoms with Crippen molar-refractivity contribution in [3.63, 3.8) is 0 Å². The van der Waals surface area contributed by atoms with E-state index in [1.165, 1.54) is 12.1 Å². The highest BCUT2D eigenvalue weighted by Gasteiger charge is 2.25. The number of nitrogens with two attached hydrogens (primary N) is 1. The minimum absolute atomic E-state index is 0. The first kappa shape index (κ1) is 17.7. The van der Waals surface area contributed by atoms with E-state index >= 15 is 0 Å². The molecule has 0 spiro atoms. The molecule has 1 aliphatic rings. The summed E-state index contributed by atoms with van der Waals surface area (Å²) in [6.45, 7) is 1.61. The second-order valence-electron chi connectivity index (χ2n) is 5.02. The maximum absolute atomic E-state index is 12.7. The maximum Gasteiger partial charge on any atom is 0.226 e. The van der Waals surface area contributed by atoms with Crippen LogP contribution in [0.15, 0.2) is 24.3 Å². The second-order valence-corrected chi connectivity index (χ2v) is 5.02. The average molecular weight is 317 g/mol. The molecule has 2 rings (SSSR count). The molecule has 118 valence electrons. The van der Waals surface area contributed by atoms with E-state index in [2.05, 4.69) is 0 Å². The number of carbonyl (C=O) groups is 1. The van der Waals surface area contributed by atoms with Crippen LogP contribution in [0.25, 0.3) is 0 Å². The Morgan fingerprint density at radius 1 is 1.33 bits per heavy atom. The Morgan fingerprint density at radius 2 is 2.05 bits per heavy atom. The topological polar surface area (TPSA) is 55.6 Å². The zero-order valence-corrected chi connectivity index (χ0v) is 12.8. The summed E-state index contributed by atoms with van der Waals surface area (Å²) in [6, 6.07) is 5.97. The highest BCUT2D eigenvalue weighted by atomic mass is 35.5. The van der Waals surface area contributed by atoms with E-state index < -0.39 is 0 Å². The fourth-order valence-electron chi connectivity index (χ4n) is 2.50. The highest BCUT2D eigenvalue weighted by molar-refractivity contribution is 5.85. The monoisotopic (exact) mass is 316 g/mol. The number of halogens is 2. The van der Waals surface area contributed by atoms with Crippen molar-refractivity contribution in [2.24, 2.45) is 5.73 Å². The first-order valence-electron chi connectivity index (χ1n) is 7.08.